The van der Waals surface area contributed by atoms with Crippen LogP contribution in [0.2, 0.25) is 5.02 Å². The van der Waals surface area contributed by atoms with Gasteiger partial charge in [-0.3, -0.25) is 29.4 Å². The van der Waals surface area contributed by atoms with Crippen LogP contribution in [0.5, 0.6) is 5.75 Å². The van der Waals surface area contributed by atoms with Crippen LogP contribution in [0.3, 0.4) is 0 Å². The molecule has 3 aliphatic rings. The smallest absolute Gasteiger partial charge is 0.271 e. The van der Waals surface area contributed by atoms with Crippen LogP contribution in [0.25, 0.3) is 0 Å². The third-order valence-corrected chi connectivity index (χ3v) is 7.33. The fourth-order valence-electron chi connectivity index (χ4n) is 5.59. The molecule has 1 saturated carbocycles. The summed E-state index contributed by atoms with van der Waals surface area (Å²) in [5, 5.41) is 14.2. The second-order valence-corrected chi connectivity index (χ2v) is 9.45. The van der Waals surface area contributed by atoms with Crippen LogP contribution in [-0.2, 0) is 14.4 Å². The average Bonchev–Trinajstić information content (AvgIpc) is 3.51. The molecule has 5 atom stereocenters. The second-order valence-electron chi connectivity index (χ2n) is 9.01. The molecule has 2 aromatic carbocycles. The summed E-state index contributed by atoms with van der Waals surface area (Å²) >= 11 is 6.19. The fourth-order valence-corrected chi connectivity index (χ4v) is 5.79. The number of allylic oxidation sites excluding steroid dienone is 2. The van der Waals surface area contributed by atoms with Crippen LogP contribution < -0.4 is 10.1 Å². The van der Waals surface area contributed by atoms with Crippen molar-refractivity contribution in [2.75, 3.05) is 12.4 Å². The number of hydrogen-bond acceptors (Lipinski definition) is 6. The molecule has 2 bridgehead atoms. The first-order valence-corrected chi connectivity index (χ1v) is 11.6. The van der Waals surface area contributed by atoms with Crippen molar-refractivity contribution in [2.24, 2.45) is 23.7 Å². The number of nitrogens with zero attached hydrogens (tertiary/aromatic N) is 2. The number of rotatable bonds is 7. The molecule has 0 spiro atoms. The van der Waals surface area contributed by atoms with E-state index in [1.807, 2.05) is 12.2 Å². The molecule has 0 aromatic heterocycles. The van der Waals surface area contributed by atoms with E-state index < -0.39 is 28.7 Å². The number of anilines is 1. The molecule has 10 heteroatoms. The number of imide groups is 1. The van der Waals surface area contributed by atoms with Gasteiger partial charge in [0.15, 0.2) is 0 Å². The number of halogens is 1. The molecule has 35 heavy (non-hydrogen) atoms. The maximum absolute atomic E-state index is 13.5. The van der Waals surface area contributed by atoms with Crippen LogP contribution in [0.1, 0.15) is 24.4 Å². The standard InChI is InChI=1S/C25H22ClN3O6/c1-35-20-8-7-17(29(33)34)11-18(20)27-21(30)12-19(13-3-2-4-16(26)10-13)28-24(31)22-14-5-6-15(9-14)23(22)25(28)32/h2-8,10-11,14-15,19,22-23H,9,12H2,1H3,(H,27,30). The van der Waals surface area contributed by atoms with Gasteiger partial charge in [-0.05, 0) is 42.0 Å². The van der Waals surface area contributed by atoms with E-state index in [9.17, 15) is 24.5 Å². The van der Waals surface area contributed by atoms with Gasteiger partial charge in [0.25, 0.3) is 5.69 Å². The molecule has 5 unspecified atom stereocenters. The Kier molecular flexibility index (Phi) is 5.80. The van der Waals surface area contributed by atoms with Crippen molar-refractivity contribution in [3.8, 4) is 5.75 Å². The van der Waals surface area contributed by atoms with E-state index in [1.165, 1.54) is 30.2 Å². The van der Waals surface area contributed by atoms with E-state index in [0.29, 0.717) is 10.6 Å². The Morgan fingerprint density at radius 2 is 1.86 bits per heavy atom. The number of nitro benzene ring substituents is 1. The summed E-state index contributed by atoms with van der Waals surface area (Å²) in [5.74, 6) is -1.58. The number of ether oxygens (including phenoxy) is 1. The molecule has 180 valence electrons. The molecule has 1 aliphatic heterocycles. The van der Waals surface area contributed by atoms with Gasteiger partial charge in [-0.25, -0.2) is 0 Å². The predicted octanol–water partition coefficient (Wildman–Crippen LogP) is 4.13. The lowest BCUT2D eigenvalue weighted by Gasteiger charge is -2.28. The number of hydrogen-bond donors (Lipinski definition) is 1. The van der Waals surface area contributed by atoms with E-state index in [4.69, 9.17) is 16.3 Å². The van der Waals surface area contributed by atoms with Crippen LogP contribution in [0.4, 0.5) is 11.4 Å². The average molecular weight is 496 g/mol. The van der Waals surface area contributed by atoms with E-state index in [-0.39, 0.29) is 47.2 Å². The highest BCUT2D eigenvalue weighted by atomic mass is 35.5. The highest BCUT2D eigenvalue weighted by Crippen LogP contribution is 2.54. The van der Waals surface area contributed by atoms with Gasteiger partial charge < -0.3 is 10.1 Å². The van der Waals surface area contributed by atoms with Gasteiger partial charge in [0.1, 0.15) is 5.75 Å². The van der Waals surface area contributed by atoms with Crippen LogP contribution in [0, 0.1) is 33.8 Å². The number of fused-ring (bicyclic) bond motifs is 5. The van der Waals surface area contributed by atoms with Gasteiger partial charge in [-0.15, -0.1) is 0 Å². The van der Waals surface area contributed by atoms with Crippen molar-refractivity contribution < 1.29 is 24.0 Å². The normalized spacial score (nSPS) is 25.0. The molecule has 1 saturated heterocycles. The minimum atomic E-state index is -0.872. The number of nitrogens with one attached hydrogen (secondary N) is 1. The highest BCUT2D eigenvalue weighted by molar-refractivity contribution is 6.30. The fraction of sp³-hybridized carbons (Fsp3) is 0.320. The lowest BCUT2D eigenvalue weighted by Crippen LogP contribution is -2.38. The molecule has 1 N–H and O–H groups in total. The monoisotopic (exact) mass is 495 g/mol. The Hall–Kier alpha value is -3.72. The second kappa shape index (κ2) is 8.81. The zero-order valence-corrected chi connectivity index (χ0v) is 19.5. The maximum Gasteiger partial charge on any atom is 0.271 e. The molecular formula is C25H22ClN3O6. The number of non-ortho nitro benzene ring substituents is 1. The lowest BCUT2D eigenvalue weighted by molar-refractivity contribution is -0.384. The third kappa shape index (κ3) is 3.95. The Morgan fingerprint density at radius 3 is 2.46 bits per heavy atom. The number of likely N-dealkylation sites (tertiary alicyclic amines) is 1. The quantitative estimate of drug-likeness (QED) is 0.267. The molecule has 0 radical (unpaired) electrons. The number of methoxy groups -OCH3 is 1. The molecular weight excluding hydrogens is 474 g/mol. The molecule has 2 aromatic rings. The van der Waals surface area contributed by atoms with Gasteiger partial charge in [-0.1, -0.05) is 35.9 Å². The zero-order chi connectivity index (χ0) is 24.9. The maximum atomic E-state index is 13.5. The van der Waals surface area contributed by atoms with Crippen molar-refractivity contribution in [3.05, 3.63) is 75.3 Å². The minimum Gasteiger partial charge on any atom is -0.495 e. The van der Waals surface area contributed by atoms with Crippen LogP contribution in [-0.4, -0.2) is 34.7 Å². The first-order chi connectivity index (χ1) is 16.8. The summed E-state index contributed by atoms with van der Waals surface area (Å²) < 4.78 is 5.22. The first kappa shape index (κ1) is 23.0. The Morgan fingerprint density at radius 1 is 1.17 bits per heavy atom. The van der Waals surface area contributed by atoms with E-state index in [1.54, 1.807) is 24.3 Å². The van der Waals surface area contributed by atoms with E-state index in [2.05, 4.69) is 5.32 Å². The summed E-state index contributed by atoms with van der Waals surface area (Å²) in [7, 11) is 1.38. The van der Waals surface area contributed by atoms with Crippen LogP contribution >= 0.6 is 11.6 Å². The summed E-state index contributed by atoms with van der Waals surface area (Å²) in [6.45, 7) is 0. The Labute approximate surface area is 205 Å². The predicted molar refractivity (Wildman–Crippen MR) is 127 cm³/mol. The van der Waals surface area contributed by atoms with Gasteiger partial charge in [0.2, 0.25) is 17.7 Å². The largest absolute Gasteiger partial charge is 0.495 e. The first-order valence-electron chi connectivity index (χ1n) is 11.2. The van der Waals surface area contributed by atoms with Crippen LogP contribution in [0.15, 0.2) is 54.6 Å². The Bertz CT molecular complexity index is 1250. The number of benzene rings is 2. The van der Waals surface area contributed by atoms with Gasteiger partial charge in [0, 0.05) is 17.2 Å². The third-order valence-electron chi connectivity index (χ3n) is 7.10. The summed E-state index contributed by atoms with van der Waals surface area (Å²) in [4.78, 5) is 51.9. The molecule has 1 heterocycles. The molecule has 3 amide bonds. The number of nitro groups is 1. The van der Waals surface area contributed by atoms with E-state index in [0.717, 1.165) is 6.42 Å². The van der Waals surface area contributed by atoms with Gasteiger partial charge in [-0.2, -0.15) is 0 Å². The number of carbonyl (C=O) groups is 3. The topological polar surface area (TPSA) is 119 Å². The molecule has 9 nitrogen and oxygen atoms in total. The highest BCUT2D eigenvalue weighted by Gasteiger charge is 2.60. The van der Waals surface area contributed by atoms with Gasteiger partial charge >= 0.3 is 0 Å². The lowest BCUT2D eigenvalue weighted by atomic mass is 9.85. The number of carbonyl (C=O) groups excluding carboxylic acids is 3. The zero-order valence-electron chi connectivity index (χ0n) is 18.7. The SMILES string of the molecule is COc1ccc([N+](=O)[O-])cc1NC(=O)CC(c1cccc(Cl)c1)N1C(=O)C2C3C=CC(C3)C2C1=O. The minimum absolute atomic E-state index is 0.0365. The summed E-state index contributed by atoms with van der Waals surface area (Å²) in [5.41, 5.74) is 0.462. The van der Waals surface area contributed by atoms with Crippen molar-refractivity contribution in [1.29, 1.82) is 0 Å². The molecule has 2 fully saturated rings. The number of amides is 3. The van der Waals surface area contributed by atoms with Crippen molar-refractivity contribution >= 4 is 40.7 Å². The van der Waals surface area contributed by atoms with Crippen molar-refractivity contribution in [2.45, 2.75) is 18.9 Å². The molecule has 5 rings (SSSR count). The van der Waals surface area contributed by atoms with Crippen molar-refractivity contribution in [1.82, 2.24) is 4.90 Å². The summed E-state index contributed by atoms with van der Waals surface area (Å²) in [6, 6.07) is 9.71. The Balaban J connectivity index is 1.45. The van der Waals surface area contributed by atoms with E-state index >= 15 is 0 Å². The van der Waals surface area contributed by atoms with Crippen molar-refractivity contribution in [3.63, 3.8) is 0 Å². The van der Waals surface area contributed by atoms with Gasteiger partial charge in [0.05, 0.1) is 42.0 Å². The summed E-state index contributed by atoms with van der Waals surface area (Å²) in [6.07, 6.45) is 4.58. The molecule has 2 aliphatic carbocycles.